The van der Waals surface area contributed by atoms with E-state index in [-0.39, 0.29) is 29.7 Å². The molecule has 4 atom stereocenters. The largest absolute Gasteiger partial charge is 0.390 e. The van der Waals surface area contributed by atoms with Gasteiger partial charge in [-0.1, -0.05) is 12.1 Å². The molecule has 1 unspecified atom stereocenters. The number of aromatic amines is 1. The zero-order chi connectivity index (χ0) is 24.0. The third-order valence-corrected chi connectivity index (χ3v) is 8.02. The number of rotatable bonds is 5. The molecule has 186 valence electrons. The molecule has 5 N–H and O–H groups in total. The number of pyridine rings is 1. The van der Waals surface area contributed by atoms with Gasteiger partial charge < -0.3 is 30.6 Å². The monoisotopic (exact) mass is 479 g/mol. The molecule has 1 aliphatic heterocycles. The van der Waals surface area contributed by atoms with E-state index in [4.69, 9.17) is 4.52 Å². The number of H-pyrrole nitrogens is 1. The molecule has 3 fully saturated rings. The lowest BCUT2D eigenvalue weighted by Crippen LogP contribution is -2.49. The van der Waals surface area contributed by atoms with Crippen molar-refractivity contribution in [2.75, 3.05) is 18.4 Å². The summed E-state index contributed by atoms with van der Waals surface area (Å²) in [6.45, 7) is 4.01. The fourth-order valence-corrected chi connectivity index (χ4v) is 6.42. The van der Waals surface area contributed by atoms with Crippen LogP contribution in [0.4, 0.5) is 5.69 Å². The number of fused-ring (bicyclic) bond motifs is 3. The summed E-state index contributed by atoms with van der Waals surface area (Å²) in [5.74, 6) is 0.872. The van der Waals surface area contributed by atoms with Crippen LogP contribution >= 0.6 is 0 Å². The van der Waals surface area contributed by atoms with E-state index in [2.05, 4.69) is 43.0 Å². The summed E-state index contributed by atoms with van der Waals surface area (Å²) in [7, 11) is 0. The number of carbonyl (C=O) groups excluding carboxylic acids is 1. The molecule has 10 heteroatoms. The molecule has 2 aliphatic carbocycles. The molecule has 2 bridgehead atoms. The summed E-state index contributed by atoms with van der Waals surface area (Å²) in [5, 5.41) is 26.0. The summed E-state index contributed by atoms with van der Waals surface area (Å²) in [6, 6.07) is 2.32. The van der Waals surface area contributed by atoms with Crippen molar-refractivity contribution >= 4 is 22.6 Å². The third-order valence-electron chi connectivity index (χ3n) is 8.02. The number of amides is 1. The average molecular weight is 480 g/mol. The highest BCUT2D eigenvalue weighted by Crippen LogP contribution is 2.47. The second kappa shape index (κ2) is 8.91. The molecular formula is C25H33N7O3. The molecule has 35 heavy (non-hydrogen) atoms. The minimum Gasteiger partial charge on any atom is -0.390 e. The number of piperidine rings is 1. The molecule has 10 nitrogen and oxygen atoms in total. The SMILES string of the molecule is CC1C[C@@H]2C[C@@](O)(CC[C@H]2Nc2c(-c3nc(C(=O)NC4CCNCC4)no3)cnc3[nH]ccc23)C1. The Morgan fingerprint density at radius 1 is 1.26 bits per heavy atom. The van der Waals surface area contributed by atoms with E-state index in [1.54, 1.807) is 6.20 Å². The van der Waals surface area contributed by atoms with Crippen molar-refractivity contribution < 1.29 is 14.4 Å². The number of anilines is 1. The van der Waals surface area contributed by atoms with Crippen molar-refractivity contribution in [3.05, 3.63) is 24.3 Å². The van der Waals surface area contributed by atoms with Crippen LogP contribution in [0.15, 0.2) is 23.0 Å². The summed E-state index contributed by atoms with van der Waals surface area (Å²) in [4.78, 5) is 24.9. The zero-order valence-electron chi connectivity index (χ0n) is 20.0. The number of hydrogen-bond acceptors (Lipinski definition) is 8. The molecule has 3 aromatic heterocycles. The Kier molecular flexibility index (Phi) is 5.72. The van der Waals surface area contributed by atoms with Crippen LogP contribution in [-0.4, -0.2) is 61.9 Å². The van der Waals surface area contributed by atoms with Gasteiger partial charge in [-0.3, -0.25) is 4.79 Å². The molecule has 4 heterocycles. The molecular weight excluding hydrogens is 446 g/mol. The number of aromatic nitrogens is 4. The van der Waals surface area contributed by atoms with Gasteiger partial charge in [-0.2, -0.15) is 4.98 Å². The predicted molar refractivity (Wildman–Crippen MR) is 131 cm³/mol. The zero-order valence-corrected chi connectivity index (χ0v) is 20.0. The van der Waals surface area contributed by atoms with Crippen LogP contribution in [0.3, 0.4) is 0 Å². The van der Waals surface area contributed by atoms with Crippen LogP contribution in [0.25, 0.3) is 22.5 Å². The van der Waals surface area contributed by atoms with E-state index >= 15 is 0 Å². The normalized spacial score (nSPS) is 29.3. The van der Waals surface area contributed by atoms with Crippen LogP contribution < -0.4 is 16.0 Å². The lowest BCUT2D eigenvalue weighted by Gasteiger charge is -2.48. The average Bonchev–Trinajstić information content (AvgIpc) is 3.51. The van der Waals surface area contributed by atoms with E-state index < -0.39 is 5.60 Å². The van der Waals surface area contributed by atoms with Gasteiger partial charge in [0, 0.05) is 29.9 Å². The van der Waals surface area contributed by atoms with Crippen LogP contribution in [0, 0.1) is 11.8 Å². The van der Waals surface area contributed by atoms with Crippen molar-refractivity contribution in [1.82, 2.24) is 30.7 Å². The Hall–Kier alpha value is -2.98. The maximum absolute atomic E-state index is 12.7. The summed E-state index contributed by atoms with van der Waals surface area (Å²) >= 11 is 0. The van der Waals surface area contributed by atoms with Crippen molar-refractivity contribution in [2.45, 2.75) is 69.6 Å². The summed E-state index contributed by atoms with van der Waals surface area (Å²) in [5.41, 5.74) is 1.78. The van der Waals surface area contributed by atoms with Crippen molar-refractivity contribution in [2.24, 2.45) is 11.8 Å². The van der Waals surface area contributed by atoms with Gasteiger partial charge in [-0.15, -0.1) is 0 Å². The fraction of sp³-hybridized carbons (Fsp3) is 0.600. The van der Waals surface area contributed by atoms with Gasteiger partial charge in [-0.05, 0) is 75.9 Å². The first-order chi connectivity index (χ1) is 17.0. The van der Waals surface area contributed by atoms with Gasteiger partial charge in [0.2, 0.25) is 0 Å². The van der Waals surface area contributed by atoms with Gasteiger partial charge >= 0.3 is 0 Å². The minimum atomic E-state index is -0.534. The molecule has 3 aromatic rings. The van der Waals surface area contributed by atoms with Crippen LogP contribution in [0.5, 0.6) is 0 Å². The maximum atomic E-state index is 12.7. The third kappa shape index (κ3) is 4.40. The summed E-state index contributed by atoms with van der Waals surface area (Å²) in [6.07, 6.45) is 9.85. The second-order valence-electron chi connectivity index (χ2n) is 10.7. The highest BCUT2D eigenvalue weighted by Gasteiger charge is 2.44. The highest BCUT2D eigenvalue weighted by molar-refractivity contribution is 5.97. The molecule has 0 aromatic carbocycles. The van der Waals surface area contributed by atoms with Crippen LogP contribution in [0.1, 0.15) is 62.5 Å². The second-order valence-corrected chi connectivity index (χ2v) is 10.7. The smallest absolute Gasteiger partial charge is 0.292 e. The standard InChI is InChI=1S/C25H33N7O3/c1-14-10-15-12-25(34,11-14)6-2-19(15)30-20-17-5-9-27-21(17)28-13-18(20)24-31-22(32-35-24)23(33)29-16-3-7-26-8-4-16/h5,9,13-16,19,26,34H,2-4,6-8,10-12H2,1H3,(H,29,33)(H2,27,28,30)/t14?,15-,19-,25-/m1/s1. The van der Waals surface area contributed by atoms with Gasteiger partial charge in [0.15, 0.2) is 0 Å². The number of aliphatic hydroxyl groups is 1. The molecule has 6 rings (SSSR count). The lowest BCUT2D eigenvalue weighted by atomic mass is 9.64. The van der Waals surface area contributed by atoms with E-state index in [0.717, 1.165) is 74.8 Å². The van der Waals surface area contributed by atoms with Crippen LogP contribution in [-0.2, 0) is 0 Å². The van der Waals surface area contributed by atoms with Gasteiger partial charge in [0.05, 0.1) is 16.9 Å². The first kappa shape index (κ1) is 22.5. The fourth-order valence-electron chi connectivity index (χ4n) is 6.42. The number of nitrogens with one attached hydrogen (secondary N) is 4. The first-order valence-electron chi connectivity index (χ1n) is 12.8. The van der Waals surface area contributed by atoms with Crippen LogP contribution in [0.2, 0.25) is 0 Å². The van der Waals surface area contributed by atoms with E-state index in [1.807, 2.05) is 12.3 Å². The van der Waals surface area contributed by atoms with Gasteiger partial charge in [0.25, 0.3) is 17.6 Å². The minimum absolute atomic E-state index is 0.0301. The molecule has 1 saturated heterocycles. The number of nitrogens with zero attached hydrogens (tertiary/aromatic N) is 3. The quantitative estimate of drug-likeness (QED) is 0.376. The molecule has 3 aliphatic rings. The van der Waals surface area contributed by atoms with E-state index in [0.29, 0.717) is 17.4 Å². The molecule has 1 amide bonds. The topological polar surface area (TPSA) is 141 Å². The van der Waals surface area contributed by atoms with Gasteiger partial charge in [-0.25, -0.2) is 4.98 Å². The maximum Gasteiger partial charge on any atom is 0.292 e. The molecule has 2 saturated carbocycles. The first-order valence-corrected chi connectivity index (χ1v) is 12.8. The number of carbonyl (C=O) groups is 1. The highest BCUT2D eigenvalue weighted by atomic mass is 16.5. The Morgan fingerprint density at radius 2 is 2.11 bits per heavy atom. The number of hydrogen-bond donors (Lipinski definition) is 5. The Balaban J connectivity index is 1.28. The van der Waals surface area contributed by atoms with Crippen molar-refractivity contribution in [3.8, 4) is 11.5 Å². The van der Waals surface area contributed by atoms with Crippen molar-refractivity contribution in [1.29, 1.82) is 0 Å². The van der Waals surface area contributed by atoms with Crippen molar-refractivity contribution in [3.63, 3.8) is 0 Å². The van der Waals surface area contributed by atoms with E-state index in [9.17, 15) is 9.90 Å². The Labute approximate surface area is 203 Å². The Bertz CT molecular complexity index is 1220. The summed E-state index contributed by atoms with van der Waals surface area (Å²) < 4.78 is 5.57. The molecule has 0 radical (unpaired) electrons. The Morgan fingerprint density at radius 3 is 2.97 bits per heavy atom. The predicted octanol–water partition coefficient (Wildman–Crippen LogP) is 2.84. The molecule has 0 spiro atoms. The van der Waals surface area contributed by atoms with Gasteiger partial charge in [0.1, 0.15) is 5.65 Å². The van der Waals surface area contributed by atoms with E-state index in [1.165, 1.54) is 0 Å². The lowest BCUT2D eigenvalue weighted by molar-refractivity contribution is -0.0677.